The van der Waals surface area contributed by atoms with Crippen LogP contribution in [-0.2, 0) is 6.54 Å². The van der Waals surface area contributed by atoms with Crippen molar-refractivity contribution in [1.29, 1.82) is 0 Å². The minimum Gasteiger partial charge on any atom is -0.490 e. The number of nitrogens with one attached hydrogen (secondary N) is 1. The average molecular weight is 269 g/mol. The fourth-order valence-electron chi connectivity index (χ4n) is 1.74. The molecule has 1 heterocycles. The maximum atomic E-state index is 9.33. The lowest BCUT2D eigenvalue weighted by Crippen LogP contribution is -2.22. The van der Waals surface area contributed by atoms with Crippen molar-refractivity contribution in [2.75, 3.05) is 26.6 Å². The molecule has 1 aliphatic rings. The lowest BCUT2D eigenvalue weighted by atomic mass is 10.1. The highest BCUT2D eigenvalue weighted by molar-refractivity contribution is 5.51. The largest absolute Gasteiger partial charge is 0.490 e. The zero-order valence-corrected chi connectivity index (χ0v) is 10.9. The molecule has 0 saturated heterocycles. The topological polar surface area (TPSA) is 80.2 Å². The normalized spacial score (nSPS) is 14.5. The zero-order chi connectivity index (χ0) is 13.7. The molecule has 0 spiro atoms. The van der Waals surface area contributed by atoms with E-state index in [-0.39, 0.29) is 20.0 Å². The molecule has 1 aromatic carbocycles. The van der Waals surface area contributed by atoms with Crippen LogP contribution in [-0.4, -0.2) is 42.9 Å². The van der Waals surface area contributed by atoms with Gasteiger partial charge in [-0.3, -0.25) is 0 Å². The summed E-state index contributed by atoms with van der Waals surface area (Å²) in [6, 6.07) is 3.62. The van der Waals surface area contributed by atoms with Gasteiger partial charge in [-0.15, -0.1) is 0 Å². The Hall–Kier alpha value is -1.50. The van der Waals surface area contributed by atoms with Gasteiger partial charge in [-0.1, -0.05) is 6.92 Å². The monoisotopic (exact) mass is 269 g/mol. The predicted molar refractivity (Wildman–Crippen MR) is 68.5 cm³/mol. The number of aliphatic hydroxyl groups excluding tert-OH is 2. The first-order valence-corrected chi connectivity index (χ1v) is 6.29. The van der Waals surface area contributed by atoms with Crippen LogP contribution in [0, 0.1) is 0 Å². The van der Waals surface area contributed by atoms with E-state index < -0.39 is 6.10 Å². The maximum absolute atomic E-state index is 9.33. The zero-order valence-electron chi connectivity index (χ0n) is 10.9. The summed E-state index contributed by atoms with van der Waals surface area (Å²) in [7, 11) is 0. The number of fused-ring (bicyclic) bond motifs is 1. The minimum absolute atomic E-state index is 0.0370. The maximum Gasteiger partial charge on any atom is 0.231 e. The molecule has 0 fully saturated rings. The van der Waals surface area contributed by atoms with Crippen molar-refractivity contribution in [2.24, 2.45) is 0 Å². The van der Waals surface area contributed by atoms with E-state index in [0.717, 1.165) is 12.1 Å². The molecule has 1 aliphatic heterocycles. The second-order valence-electron chi connectivity index (χ2n) is 4.24. The van der Waals surface area contributed by atoms with Gasteiger partial charge >= 0.3 is 0 Å². The first-order valence-electron chi connectivity index (χ1n) is 6.29. The van der Waals surface area contributed by atoms with Crippen LogP contribution in [0.15, 0.2) is 12.1 Å². The molecular weight excluding hydrogens is 250 g/mol. The number of benzene rings is 1. The Bertz CT molecular complexity index is 424. The summed E-state index contributed by atoms with van der Waals surface area (Å²) in [5.41, 5.74) is 0.927. The molecule has 1 unspecified atom stereocenters. The van der Waals surface area contributed by atoms with E-state index in [1.165, 1.54) is 0 Å². The summed E-state index contributed by atoms with van der Waals surface area (Å²) >= 11 is 0. The van der Waals surface area contributed by atoms with Gasteiger partial charge in [0.25, 0.3) is 0 Å². The number of rotatable bonds is 7. The molecule has 106 valence electrons. The second-order valence-corrected chi connectivity index (χ2v) is 4.24. The Morgan fingerprint density at radius 3 is 2.79 bits per heavy atom. The Labute approximate surface area is 111 Å². The molecule has 2 rings (SSSR count). The summed E-state index contributed by atoms with van der Waals surface area (Å²) < 4.78 is 16.1. The Kier molecular flexibility index (Phi) is 4.84. The van der Waals surface area contributed by atoms with Crippen molar-refractivity contribution in [3.8, 4) is 17.2 Å². The van der Waals surface area contributed by atoms with E-state index in [0.29, 0.717) is 23.8 Å². The summed E-state index contributed by atoms with van der Waals surface area (Å²) in [4.78, 5) is 0. The standard InChI is InChI=1S/C13H19NO5/c1-2-14-5-9-3-12-13(19-8-18-12)4-11(9)17-7-10(16)6-15/h3-4,10,14-16H,2,5-8H2,1H3. The Morgan fingerprint density at radius 1 is 1.37 bits per heavy atom. The minimum atomic E-state index is -0.891. The lowest BCUT2D eigenvalue weighted by Gasteiger charge is -2.14. The summed E-state index contributed by atoms with van der Waals surface area (Å²) in [5, 5.41) is 21.3. The quantitative estimate of drug-likeness (QED) is 0.659. The van der Waals surface area contributed by atoms with Crippen LogP contribution < -0.4 is 19.5 Å². The Balaban J connectivity index is 2.13. The van der Waals surface area contributed by atoms with E-state index in [2.05, 4.69) is 5.32 Å². The molecule has 19 heavy (non-hydrogen) atoms. The Morgan fingerprint density at radius 2 is 2.11 bits per heavy atom. The predicted octanol–water partition coefficient (Wildman–Crippen LogP) is 0.257. The van der Waals surface area contributed by atoms with Gasteiger partial charge in [-0.2, -0.15) is 0 Å². The van der Waals surface area contributed by atoms with Crippen molar-refractivity contribution in [2.45, 2.75) is 19.6 Å². The highest BCUT2D eigenvalue weighted by Crippen LogP contribution is 2.38. The third kappa shape index (κ3) is 3.50. The van der Waals surface area contributed by atoms with Crippen LogP contribution in [0.5, 0.6) is 17.2 Å². The fourth-order valence-corrected chi connectivity index (χ4v) is 1.74. The molecule has 0 aliphatic carbocycles. The van der Waals surface area contributed by atoms with Crippen molar-refractivity contribution in [1.82, 2.24) is 5.32 Å². The van der Waals surface area contributed by atoms with E-state index in [9.17, 15) is 5.11 Å². The van der Waals surface area contributed by atoms with Gasteiger partial charge in [0.2, 0.25) is 6.79 Å². The van der Waals surface area contributed by atoms with Gasteiger partial charge in [0.1, 0.15) is 18.5 Å². The molecule has 0 saturated carbocycles. The van der Waals surface area contributed by atoms with Crippen molar-refractivity contribution in [3.05, 3.63) is 17.7 Å². The lowest BCUT2D eigenvalue weighted by molar-refractivity contribution is 0.0532. The molecule has 6 nitrogen and oxygen atoms in total. The third-order valence-electron chi connectivity index (χ3n) is 2.76. The molecular formula is C13H19NO5. The van der Waals surface area contributed by atoms with Crippen molar-refractivity contribution >= 4 is 0 Å². The van der Waals surface area contributed by atoms with Crippen LogP contribution in [0.3, 0.4) is 0 Å². The number of hydrogen-bond donors (Lipinski definition) is 3. The van der Waals surface area contributed by atoms with Gasteiger partial charge in [0.15, 0.2) is 11.5 Å². The highest BCUT2D eigenvalue weighted by atomic mass is 16.7. The van der Waals surface area contributed by atoms with Crippen LogP contribution >= 0.6 is 0 Å². The molecule has 6 heteroatoms. The van der Waals surface area contributed by atoms with Gasteiger partial charge in [-0.05, 0) is 12.6 Å². The van der Waals surface area contributed by atoms with E-state index in [4.69, 9.17) is 19.3 Å². The molecule has 3 N–H and O–H groups in total. The van der Waals surface area contributed by atoms with Gasteiger partial charge in [0.05, 0.1) is 6.61 Å². The molecule has 1 aromatic rings. The summed E-state index contributed by atoms with van der Waals surface area (Å²) in [5.74, 6) is 1.95. The van der Waals surface area contributed by atoms with Crippen molar-refractivity contribution < 1.29 is 24.4 Å². The van der Waals surface area contributed by atoms with Gasteiger partial charge < -0.3 is 29.7 Å². The molecule has 0 amide bonds. The molecule has 0 radical (unpaired) electrons. The third-order valence-corrected chi connectivity index (χ3v) is 2.76. The van der Waals surface area contributed by atoms with Crippen LogP contribution in [0.25, 0.3) is 0 Å². The highest BCUT2D eigenvalue weighted by Gasteiger charge is 2.18. The molecule has 0 bridgehead atoms. The smallest absolute Gasteiger partial charge is 0.231 e. The van der Waals surface area contributed by atoms with E-state index >= 15 is 0 Å². The average Bonchev–Trinajstić information content (AvgIpc) is 2.88. The number of aliphatic hydroxyl groups is 2. The van der Waals surface area contributed by atoms with Crippen molar-refractivity contribution in [3.63, 3.8) is 0 Å². The van der Waals surface area contributed by atoms with Crippen LogP contribution in [0.1, 0.15) is 12.5 Å². The van der Waals surface area contributed by atoms with Crippen LogP contribution in [0.4, 0.5) is 0 Å². The summed E-state index contributed by atoms with van der Waals surface area (Å²) in [6.45, 7) is 3.41. The first-order chi connectivity index (χ1) is 9.24. The van der Waals surface area contributed by atoms with Gasteiger partial charge in [-0.25, -0.2) is 0 Å². The number of ether oxygens (including phenoxy) is 3. The first kappa shape index (κ1) is 13.9. The molecule has 1 atom stereocenters. The fraction of sp³-hybridized carbons (Fsp3) is 0.538. The SMILES string of the molecule is CCNCc1cc2c(cc1OCC(O)CO)OCO2. The van der Waals surface area contributed by atoms with E-state index in [1.807, 2.05) is 13.0 Å². The molecule has 0 aromatic heterocycles. The van der Waals surface area contributed by atoms with E-state index in [1.54, 1.807) is 6.07 Å². The number of hydrogen-bond acceptors (Lipinski definition) is 6. The summed E-state index contributed by atoms with van der Waals surface area (Å²) in [6.07, 6.45) is -0.891. The van der Waals surface area contributed by atoms with Gasteiger partial charge in [0, 0.05) is 18.2 Å². The second kappa shape index (κ2) is 6.60. The van der Waals surface area contributed by atoms with Crippen LogP contribution in [0.2, 0.25) is 0 Å².